The third-order valence-corrected chi connectivity index (χ3v) is 18.0. The van der Waals surface area contributed by atoms with Gasteiger partial charge < -0.3 is 35.0 Å². The number of Topliss-reactive ketones (excluding diaryl/α,β-unsaturated/α-hetero) is 2. The second-order valence-corrected chi connectivity index (χ2v) is 20.7. The average molecular weight is 827 g/mol. The minimum absolute atomic E-state index is 0.0109. The van der Waals surface area contributed by atoms with Crippen LogP contribution in [0.15, 0.2) is 47.6 Å². The van der Waals surface area contributed by atoms with E-state index >= 15 is 8.78 Å². The minimum Gasteiger partial charge on any atom is -0.390 e. The van der Waals surface area contributed by atoms with Crippen LogP contribution in [0, 0.1) is 51.2 Å². The molecule has 6 saturated carbocycles. The quantitative estimate of drug-likeness (QED) is 0.272. The summed E-state index contributed by atoms with van der Waals surface area (Å²) in [5.41, 5.74) is -9.83. The number of fused-ring (bicyclic) bond motifs is 12. The van der Waals surface area contributed by atoms with Crippen molar-refractivity contribution in [3.63, 3.8) is 0 Å². The van der Waals surface area contributed by atoms with Crippen LogP contribution in [0.1, 0.15) is 99.8 Å². The lowest BCUT2D eigenvalue weighted by atomic mass is 9.44. The molecule has 1 aliphatic heterocycles. The number of hydrogen-bond acceptors (Lipinski definition) is 11. The van der Waals surface area contributed by atoms with E-state index in [0.717, 1.165) is 5.57 Å². The van der Waals surface area contributed by atoms with Crippen LogP contribution >= 0.6 is 0 Å². The largest absolute Gasteiger partial charge is 0.390 e. The fraction of sp³-hybridized carbons (Fsp3) is 0.739. The van der Waals surface area contributed by atoms with Gasteiger partial charge in [0.25, 0.3) is 0 Å². The molecule has 9 rings (SSSR count). The molecule has 0 aromatic carbocycles. The number of alkyl halides is 2. The molecule has 8 aliphatic carbocycles. The molecular weight excluding hydrogens is 766 g/mol. The van der Waals surface area contributed by atoms with Crippen LogP contribution < -0.4 is 0 Å². The molecule has 59 heavy (non-hydrogen) atoms. The number of aliphatic hydroxyl groups is 5. The van der Waals surface area contributed by atoms with Crippen molar-refractivity contribution in [3.8, 4) is 0 Å². The number of hydrogen-bond donors (Lipinski definition) is 5. The van der Waals surface area contributed by atoms with Gasteiger partial charge in [0.05, 0.1) is 18.3 Å². The van der Waals surface area contributed by atoms with E-state index in [1.807, 2.05) is 6.92 Å². The van der Waals surface area contributed by atoms with Crippen molar-refractivity contribution in [3.05, 3.63) is 47.6 Å². The van der Waals surface area contributed by atoms with Crippen LogP contribution in [0.4, 0.5) is 8.78 Å². The van der Waals surface area contributed by atoms with Gasteiger partial charge in [-0.05, 0) is 121 Å². The molecule has 1 heterocycles. The molecule has 16 atom stereocenters. The highest BCUT2D eigenvalue weighted by atomic mass is 19.1. The summed E-state index contributed by atoms with van der Waals surface area (Å²) < 4.78 is 46.4. The summed E-state index contributed by atoms with van der Waals surface area (Å²) in [5.74, 6) is -4.58. The van der Waals surface area contributed by atoms with Crippen molar-refractivity contribution in [1.29, 1.82) is 0 Å². The predicted octanol–water partition coefficient (Wildman–Crippen LogP) is 4.31. The fourth-order valence-corrected chi connectivity index (χ4v) is 15.2. The Kier molecular flexibility index (Phi) is 9.54. The van der Waals surface area contributed by atoms with Gasteiger partial charge in [-0.25, -0.2) is 8.78 Å². The highest BCUT2D eigenvalue weighted by molar-refractivity contribution is 6.02. The first kappa shape index (κ1) is 42.9. The summed E-state index contributed by atoms with van der Waals surface area (Å²) in [6.07, 6.45) is 8.44. The Morgan fingerprint density at radius 1 is 0.729 bits per heavy atom. The first-order valence-electron chi connectivity index (χ1n) is 21.3. The summed E-state index contributed by atoms with van der Waals surface area (Å²) in [7, 11) is 0. The zero-order valence-corrected chi connectivity index (χ0v) is 35.1. The van der Waals surface area contributed by atoms with Crippen LogP contribution in [0.2, 0.25) is 0 Å². The average Bonchev–Trinajstić information content (AvgIpc) is 3.67. The van der Waals surface area contributed by atoms with E-state index in [4.69, 9.17) is 9.47 Å². The number of ether oxygens (including phenoxy) is 2. The Morgan fingerprint density at radius 2 is 1.19 bits per heavy atom. The monoisotopic (exact) mass is 826 g/mol. The first-order chi connectivity index (χ1) is 27.3. The van der Waals surface area contributed by atoms with Gasteiger partial charge in [-0.2, -0.15) is 0 Å². The number of carbonyl (C=O) groups excluding carboxylic acids is 4. The lowest BCUT2D eigenvalue weighted by Crippen LogP contribution is -2.70. The van der Waals surface area contributed by atoms with Crippen molar-refractivity contribution in [2.45, 2.75) is 146 Å². The maximum atomic E-state index is 17.1. The topological polar surface area (TPSA) is 188 Å². The molecule has 7 fully saturated rings. The lowest BCUT2D eigenvalue weighted by molar-refractivity contribution is -0.246. The van der Waals surface area contributed by atoms with Gasteiger partial charge in [0.15, 0.2) is 45.9 Å². The van der Waals surface area contributed by atoms with Gasteiger partial charge in [0, 0.05) is 33.5 Å². The molecule has 5 N–H and O–H groups in total. The van der Waals surface area contributed by atoms with E-state index in [-0.39, 0.29) is 36.2 Å². The zero-order valence-electron chi connectivity index (χ0n) is 35.1. The molecule has 0 unspecified atom stereocenters. The van der Waals surface area contributed by atoms with Crippen molar-refractivity contribution in [2.24, 2.45) is 51.2 Å². The highest BCUT2D eigenvalue weighted by Gasteiger charge is 2.80. The predicted molar refractivity (Wildman–Crippen MR) is 209 cm³/mol. The van der Waals surface area contributed by atoms with Crippen LogP contribution in [0.3, 0.4) is 0 Å². The molecule has 0 bridgehead atoms. The van der Waals surface area contributed by atoms with E-state index in [0.29, 0.717) is 44.1 Å². The zero-order chi connectivity index (χ0) is 43.3. The van der Waals surface area contributed by atoms with E-state index in [2.05, 4.69) is 0 Å². The van der Waals surface area contributed by atoms with Crippen molar-refractivity contribution in [1.82, 2.24) is 0 Å². The standard InChI is InChI=1S/C24H31FO6.C22H29FO5/c1-20(2)30-19-10-16-15-6-5-13-9-14(27)7-8-21(13,3)23(15,25)17(28)11-22(16,4)24(19,31-20)18(29)12-26;1-12-8-16-15-5-4-13-9-14(25)6-7-19(13,2)21(15,23)17(26)10-20(16,3)22(12,28)18(27)11-24/h7-9,15-17,19,26,28H,5-6,10-12H2,1-4H3;6-7,9,12,15-17,24,26,28H,4-5,8,10-11H2,1-3H3/t15-,16-,17-,19+,21-,22-,23-,24+;12-,15-,16-,17-,19-,20-,21-,22-/m00/s1. The van der Waals surface area contributed by atoms with Gasteiger partial charge >= 0.3 is 0 Å². The number of halogens is 2. The Labute approximate surface area is 344 Å². The summed E-state index contributed by atoms with van der Waals surface area (Å²) in [4.78, 5) is 49.5. The van der Waals surface area contributed by atoms with Crippen LogP contribution in [-0.2, 0) is 28.7 Å². The Balaban J connectivity index is 0.000000165. The maximum absolute atomic E-state index is 17.1. The van der Waals surface area contributed by atoms with Gasteiger partial charge in [0.1, 0.15) is 18.8 Å². The van der Waals surface area contributed by atoms with Gasteiger partial charge in [-0.15, -0.1) is 0 Å². The van der Waals surface area contributed by atoms with E-state index in [1.165, 1.54) is 24.3 Å². The Bertz CT molecular complexity index is 2010. The van der Waals surface area contributed by atoms with Crippen molar-refractivity contribution in [2.75, 3.05) is 13.2 Å². The van der Waals surface area contributed by atoms with Gasteiger partial charge in [-0.1, -0.05) is 44.1 Å². The molecule has 0 aromatic heterocycles. The number of ketones is 4. The van der Waals surface area contributed by atoms with Crippen molar-refractivity contribution >= 4 is 23.1 Å². The smallest absolute Gasteiger partial charge is 0.193 e. The molecule has 9 aliphatic rings. The maximum Gasteiger partial charge on any atom is 0.193 e. The highest BCUT2D eigenvalue weighted by Crippen LogP contribution is 2.73. The first-order valence-corrected chi connectivity index (χ1v) is 21.3. The number of carbonyl (C=O) groups is 4. The SMILES string of the molecule is CC1(C)O[C@@H]2C[C@H]3[C@@H]4CCC5=CC(=O)C=C[C@]5(C)[C@@]4(F)[C@@H](O)C[C@]3(C)[C@]2(C(=O)CO)O1.C[C@H]1C[C@H]2[C@@H]3CCC4=CC(=O)C=C[C@]4(C)[C@@]3(F)[C@@H](O)C[C@]2(C)[C@@]1(O)C(=O)CO. The minimum atomic E-state index is -1.98. The molecule has 324 valence electrons. The third kappa shape index (κ3) is 5.04. The van der Waals surface area contributed by atoms with Gasteiger partial charge in [-0.3, -0.25) is 19.2 Å². The molecule has 0 amide bonds. The summed E-state index contributed by atoms with van der Waals surface area (Å²) in [6.45, 7) is 10.9. The fourth-order valence-electron chi connectivity index (χ4n) is 15.2. The Morgan fingerprint density at radius 3 is 1.66 bits per heavy atom. The lowest BCUT2D eigenvalue weighted by Gasteiger charge is -2.62. The molecule has 11 nitrogen and oxygen atoms in total. The van der Waals surface area contributed by atoms with Crippen LogP contribution in [0.25, 0.3) is 0 Å². The summed E-state index contributed by atoms with van der Waals surface area (Å²) in [6, 6.07) is 0. The second kappa shape index (κ2) is 13.1. The normalized spacial score (nSPS) is 52.3. The number of allylic oxidation sites excluding steroid dienone is 8. The van der Waals surface area contributed by atoms with Crippen LogP contribution in [-0.4, -0.2) is 109 Å². The number of rotatable bonds is 4. The molecule has 0 aromatic rings. The number of aliphatic hydroxyl groups excluding tert-OH is 4. The van der Waals surface area contributed by atoms with E-state index < -0.39 is 111 Å². The molecule has 0 radical (unpaired) electrons. The van der Waals surface area contributed by atoms with Crippen molar-refractivity contribution < 1.29 is 63.0 Å². The van der Waals surface area contributed by atoms with E-state index in [1.54, 1.807) is 53.7 Å². The van der Waals surface area contributed by atoms with Crippen LogP contribution in [0.5, 0.6) is 0 Å². The third-order valence-electron chi connectivity index (χ3n) is 18.0. The second-order valence-electron chi connectivity index (χ2n) is 20.7. The molecule has 0 spiro atoms. The van der Waals surface area contributed by atoms with Gasteiger partial charge in [0.2, 0.25) is 0 Å². The summed E-state index contributed by atoms with van der Waals surface area (Å²) in [5, 5.41) is 53.1. The van der Waals surface area contributed by atoms with E-state index in [9.17, 15) is 44.7 Å². The Hall–Kier alpha value is -2.78. The molecular formula is C46H60F2O11. The molecule has 1 saturated heterocycles. The summed E-state index contributed by atoms with van der Waals surface area (Å²) >= 11 is 0. The molecule has 13 heteroatoms.